The van der Waals surface area contributed by atoms with Crippen LogP contribution in [0.5, 0.6) is 0 Å². The van der Waals surface area contributed by atoms with Gasteiger partial charge >= 0.3 is 0 Å². The van der Waals surface area contributed by atoms with Crippen LogP contribution in [-0.2, 0) is 22.7 Å². The molecule has 0 radical (unpaired) electrons. The van der Waals surface area contributed by atoms with Crippen LogP contribution >= 0.6 is 0 Å². The minimum absolute atomic E-state index is 0.0292. The van der Waals surface area contributed by atoms with E-state index in [4.69, 9.17) is 10.2 Å². The lowest BCUT2D eigenvalue weighted by Gasteiger charge is -2.34. The number of imide groups is 1. The number of fused-ring (bicyclic) bond motifs is 1. The van der Waals surface area contributed by atoms with Crippen LogP contribution in [-0.4, -0.2) is 50.5 Å². The molecule has 1 atom stereocenters. The molecule has 2 heterocycles. The minimum Gasteiger partial charge on any atom is -0.392 e. The van der Waals surface area contributed by atoms with Gasteiger partial charge in [-0.1, -0.05) is 0 Å². The molecule has 1 aromatic rings. The molecule has 2 aliphatic rings. The molecular weight excluding hydrogens is 307 g/mol. The molecule has 3 amide bonds. The highest BCUT2D eigenvalue weighted by Gasteiger charge is 2.43. The Bertz CT molecular complexity index is 705. The van der Waals surface area contributed by atoms with Gasteiger partial charge < -0.3 is 15.1 Å². The van der Waals surface area contributed by atoms with Gasteiger partial charge in [-0.2, -0.15) is 0 Å². The fourth-order valence-electron chi connectivity index (χ4n) is 3.04. The molecule has 0 aromatic heterocycles. The summed E-state index contributed by atoms with van der Waals surface area (Å²) in [7, 11) is 0. The van der Waals surface area contributed by atoms with E-state index in [1.54, 1.807) is 0 Å². The fourth-order valence-corrected chi connectivity index (χ4v) is 3.04. The summed E-state index contributed by atoms with van der Waals surface area (Å²) in [6.07, 6.45) is 0.170. The SMILES string of the molecule is O=C1CCC(N2Cc3c(F)cc(CO)cc3C2=O)C(=O)N1CO. The van der Waals surface area contributed by atoms with Crippen molar-refractivity contribution in [3.63, 3.8) is 0 Å². The molecule has 2 aliphatic heterocycles. The number of hydrogen-bond acceptors (Lipinski definition) is 5. The third kappa shape index (κ3) is 2.40. The van der Waals surface area contributed by atoms with Crippen LogP contribution in [0.25, 0.3) is 0 Å². The van der Waals surface area contributed by atoms with Crippen LogP contribution < -0.4 is 0 Å². The van der Waals surface area contributed by atoms with Crippen molar-refractivity contribution in [3.05, 3.63) is 34.6 Å². The monoisotopic (exact) mass is 322 g/mol. The van der Waals surface area contributed by atoms with E-state index in [2.05, 4.69) is 0 Å². The lowest BCUT2D eigenvalue weighted by Crippen LogP contribution is -2.54. The molecule has 8 heteroatoms. The Hall–Kier alpha value is -2.32. The van der Waals surface area contributed by atoms with E-state index in [1.165, 1.54) is 11.0 Å². The molecule has 1 aromatic carbocycles. The van der Waals surface area contributed by atoms with Crippen LogP contribution in [0.2, 0.25) is 0 Å². The second-order valence-corrected chi connectivity index (χ2v) is 5.55. The summed E-state index contributed by atoms with van der Waals surface area (Å²) >= 11 is 0. The van der Waals surface area contributed by atoms with Gasteiger partial charge in [-0.15, -0.1) is 0 Å². The van der Waals surface area contributed by atoms with Crippen molar-refractivity contribution in [2.45, 2.75) is 32.0 Å². The number of carbonyl (C=O) groups excluding carboxylic acids is 3. The van der Waals surface area contributed by atoms with Gasteiger partial charge in [-0.25, -0.2) is 4.39 Å². The number of aliphatic hydroxyl groups is 2. The molecule has 2 N–H and O–H groups in total. The molecule has 0 saturated carbocycles. The maximum atomic E-state index is 14.1. The summed E-state index contributed by atoms with van der Waals surface area (Å²) < 4.78 is 14.1. The number of piperidine rings is 1. The number of benzene rings is 1. The van der Waals surface area contributed by atoms with Gasteiger partial charge in [0.25, 0.3) is 11.8 Å². The summed E-state index contributed by atoms with van der Waals surface area (Å²) in [4.78, 5) is 38.3. The Balaban J connectivity index is 1.92. The maximum absolute atomic E-state index is 14.1. The molecule has 0 bridgehead atoms. The van der Waals surface area contributed by atoms with E-state index < -0.39 is 42.9 Å². The van der Waals surface area contributed by atoms with Gasteiger partial charge in [-0.3, -0.25) is 19.3 Å². The number of aliphatic hydroxyl groups excluding tert-OH is 2. The average molecular weight is 322 g/mol. The predicted octanol–water partition coefficient (Wildman–Crippen LogP) is -0.259. The molecule has 7 nitrogen and oxygen atoms in total. The predicted molar refractivity (Wildman–Crippen MR) is 74.2 cm³/mol. The van der Waals surface area contributed by atoms with E-state index in [0.717, 1.165) is 6.07 Å². The van der Waals surface area contributed by atoms with Crippen molar-refractivity contribution in [1.29, 1.82) is 0 Å². The molecule has 122 valence electrons. The molecule has 0 aliphatic carbocycles. The van der Waals surface area contributed by atoms with E-state index >= 15 is 0 Å². The largest absolute Gasteiger partial charge is 0.392 e. The number of amides is 3. The first kappa shape index (κ1) is 15.6. The molecule has 1 saturated heterocycles. The minimum atomic E-state index is -0.906. The molecule has 0 spiro atoms. The second kappa shape index (κ2) is 5.71. The molecule has 3 rings (SSSR count). The van der Waals surface area contributed by atoms with Crippen molar-refractivity contribution in [3.8, 4) is 0 Å². The zero-order chi connectivity index (χ0) is 16.7. The van der Waals surface area contributed by atoms with E-state index in [9.17, 15) is 18.8 Å². The highest BCUT2D eigenvalue weighted by molar-refractivity contribution is 6.05. The quantitative estimate of drug-likeness (QED) is 0.747. The van der Waals surface area contributed by atoms with Crippen molar-refractivity contribution in [2.24, 2.45) is 0 Å². The number of nitrogens with zero attached hydrogens (tertiary/aromatic N) is 2. The number of likely N-dealkylation sites (tertiary alicyclic amines) is 1. The van der Waals surface area contributed by atoms with Crippen molar-refractivity contribution >= 4 is 17.7 Å². The van der Waals surface area contributed by atoms with Gasteiger partial charge in [0.1, 0.15) is 18.6 Å². The van der Waals surface area contributed by atoms with Crippen LogP contribution in [0.15, 0.2) is 12.1 Å². The van der Waals surface area contributed by atoms with Gasteiger partial charge in [0.05, 0.1) is 13.2 Å². The summed E-state index contributed by atoms with van der Waals surface area (Å²) in [5, 5.41) is 18.3. The third-order valence-corrected chi connectivity index (χ3v) is 4.26. The molecule has 23 heavy (non-hydrogen) atoms. The summed E-state index contributed by atoms with van der Waals surface area (Å²) in [5.41, 5.74) is 0.570. The molecule has 1 fully saturated rings. The first-order chi connectivity index (χ1) is 11.0. The fraction of sp³-hybridized carbons (Fsp3) is 0.400. The van der Waals surface area contributed by atoms with Gasteiger partial charge in [-0.05, 0) is 24.1 Å². The first-order valence-corrected chi connectivity index (χ1v) is 7.16. The second-order valence-electron chi connectivity index (χ2n) is 5.55. The van der Waals surface area contributed by atoms with Gasteiger partial charge in [0, 0.05) is 17.5 Å². The number of carbonyl (C=O) groups is 3. The number of halogens is 1. The van der Waals surface area contributed by atoms with Gasteiger partial charge in [0.2, 0.25) is 5.91 Å². The molecule has 1 unspecified atom stereocenters. The topological polar surface area (TPSA) is 98.2 Å². The van der Waals surface area contributed by atoms with E-state index in [1.807, 2.05) is 0 Å². The van der Waals surface area contributed by atoms with Gasteiger partial charge in [0.15, 0.2) is 0 Å². The van der Waals surface area contributed by atoms with Crippen LogP contribution in [0.3, 0.4) is 0 Å². The Morgan fingerprint density at radius 3 is 2.61 bits per heavy atom. The standard InChI is InChI=1S/C15H15FN2O5/c16-11-4-8(6-19)3-9-10(11)5-17(14(9)22)12-1-2-13(21)18(7-20)15(12)23/h3-4,12,19-20H,1-2,5-7H2. The van der Waals surface area contributed by atoms with E-state index in [-0.39, 0.29) is 36.1 Å². The van der Waals surface area contributed by atoms with Crippen molar-refractivity contribution < 1.29 is 29.0 Å². The number of hydrogen-bond donors (Lipinski definition) is 2. The normalized spacial score (nSPS) is 21.2. The Kier molecular flexibility index (Phi) is 3.87. The summed E-state index contributed by atoms with van der Waals surface area (Å²) in [6.45, 7) is -1.21. The van der Waals surface area contributed by atoms with Crippen LogP contribution in [0.1, 0.15) is 34.3 Å². The zero-order valence-electron chi connectivity index (χ0n) is 12.2. The lowest BCUT2D eigenvalue weighted by atomic mass is 10.0. The maximum Gasteiger partial charge on any atom is 0.255 e. The summed E-state index contributed by atoms with van der Waals surface area (Å²) in [5.74, 6) is -2.28. The highest BCUT2D eigenvalue weighted by Crippen LogP contribution is 2.31. The average Bonchev–Trinajstić information content (AvgIpc) is 2.86. The smallest absolute Gasteiger partial charge is 0.255 e. The van der Waals surface area contributed by atoms with E-state index in [0.29, 0.717) is 4.90 Å². The Morgan fingerprint density at radius 2 is 1.96 bits per heavy atom. The summed E-state index contributed by atoms with van der Waals surface area (Å²) in [6, 6.07) is 1.65. The molecular formula is C15H15FN2O5. The zero-order valence-corrected chi connectivity index (χ0v) is 12.2. The lowest BCUT2D eigenvalue weighted by molar-refractivity contribution is -0.156. The highest BCUT2D eigenvalue weighted by atomic mass is 19.1. The van der Waals surface area contributed by atoms with Crippen molar-refractivity contribution in [1.82, 2.24) is 9.80 Å². The van der Waals surface area contributed by atoms with Crippen LogP contribution in [0, 0.1) is 5.82 Å². The van der Waals surface area contributed by atoms with Crippen molar-refractivity contribution in [2.75, 3.05) is 6.73 Å². The third-order valence-electron chi connectivity index (χ3n) is 4.26. The number of rotatable bonds is 3. The first-order valence-electron chi connectivity index (χ1n) is 7.16. The van der Waals surface area contributed by atoms with Crippen LogP contribution in [0.4, 0.5) is 4.39 Å². The Morgan fingerprint density at radius 1 is 1.22 bits per heavy atom. The Labute approximate surface area is 130 Å².